The summed E-state index contributed by atoms with van der Waals surface area (Å²) in [7, 11) is 0. The minimum atomic E-state index is -0.971. The number of amides is 2. The maximum absolute atomic E-state index is 11.7. The first-order valence-electron chi connectivity index (χ1n) is 6.75. The molecule has 0 bridgehead atoms. The molecule has 0 fully saturated rings. The SMILES string of the molecule is CC(C)CC(C)NC(=O)NCc1cccc(C(=O)O)c1. The first kappa shape index (κ1) is 16.0. The molecule has 0 aliphatic heterocycles. The number of carbonyl (C=O) groups excluding carboxylic acids is 1. The molecule has 0 aromatic heterocycles. The van der Waals surface area contributed by atoms with E-state index in [1.165, 1.54) is 6.07 Å². The van der Waals surface area contributed by atoms with Gasteiger partial charge in [-0.2, -0.15) is 0 Å². The van der Waals surface area contributed by atoms with Gasteiger partial charge in [-0.1, -0.05) is 26.0 Å². The van der Waals surface area contributed by atoms with Gasteiger partial charge in [-0.05, 0) is 37.0 Å². The number of rotatable bonds is 6. The summed E-state index contributed by atoms with van der Waals surface area (Å²) >= 11 is 0. The molecule has 3 N–H and O–H groups in total. The Balaban J connectivity index is 2.45. The van der Waals surface area contributed by atoms with E-state index in [0.29, 0.717) is 12.5 Å². The fourth-order valence-corrected chi connectivity index (χ4v) is 2.04. The lowest BCUT2D eigenvalue weighted by atomic mass is 10.1. The summed E-state index contributed by atoms with van der Waals surface area (Å²) in [6.07, 6.45) is 0.919. The Labute approximate surface area is 119 Å². The van der Waals surface area contributed by atoms with Gasteiger partial charge in [-0.15, -0.1) is 0 Å². The Morgan fingerprint density at radius 3 is 2.55 bits per heavy atom. The van der Waals surface area contributed by atoms with Crippen molar-refractivity contribution in [3.63, 3.8) is 0 Å². The molecule has 0 radical (unpaired) electrons. The van der Waals surface area contributed by atoms with E-state index in [2.05, 4.69) is 24.5 Å². The highest BCUT2D eigenvalue weighted by Crippen LogP contribution is 2.06. The second kappa shape index (κ2) is 7.53. The van der Waals surface area contributed by atoms with E-state index in [1.807, 2.05) is 6.92 Å². The number of benzene rings is 1. The van der Waals surface area contributed by atoms with Crippen molar-refractivity contribution in [3.05, 3.63) is 35.4 Å². The lowest BCUT2D eigenvalue weighted by molar-refractivity contribution is 0.0696. The Bertz CT molecular complexity index is 472. The van der Waals surface area contributed by atoms with Crippen molar-refractivity contribution in [1.82, 2.24) is 10.6 Å². The fourth-order valence-electron chi connectivity index (χ4n) is 2.04. The van der Waals surface area contributed by atoms with E-state index < -0.39 is 5.97 Å². The number of hydrogen-bond acceptors (Lipinski definition) is 2. The van der Waals surface area contributed by atoms with Gasteiger partial charge in [0.05, 0.1) is 5.56 Å². The van der Waals surface area contributed by atoms with Gasteiger partial charge in [0.25, 0.3) is 0 Å². The van der Waals surface area contributed by atoms with E-state index in [4.69, 9.17) is 5.11 Å². The molecule has 0 saturated heterocycles. The van der Waals surface area contributed by atoms with Gasteiger partial charge >= 0.3 is 12.0 Å². The average Bonchev–Trinajstić information content (AvgIpc) is 2.35. The minimum Gasteiger partial charge on any atom is -0.478 e. The van der Waals surface area contributed by atoms with E-state index in [0.717, 1.165) is 12.0 Å². The molecule has 0 spiro atoms. The van der Waals surface area contributed by atoms with Crippen molar-refractivity contribution in [2.45, 2.75) is 39.8 Å². The maximum atomic E-state index is 11.7. The summed E-state index contributed by atoms with van der Waals surface area (Å²) < 4.78 is 0. The van der Waals surface area contributed by atoms with Crippen molar-refractivity contribution < 1.29 is 14.7 Å². The third kappa shape index (κ3) is 5.73. The molecule has 0 aliphatic carbocycles. The summed E-state index contributed by atoms with van der Waals surface area (Å²) in [5.41, 5.74) is 0.981. The number of urea groups is 1. The standard InChI is InChI=1S/C15H22N2O3/c1-10(2)7-11(3)17-15(20)16-9-12-5-4-6-13(8-12)14(18)19/h4-6,8,10-11H,7,9H2,1-3H3,(H,18,19)(H2,16,17,20). The monoisotopic (exact) mass is 278 g/mol. The molecule has 5 nitrogen and oxygen atoms in total. The molecule has 1 aromatic carbocycles. The summed E-state index contributed by atoms with van der Waals surface area (Å²) in [5.74, 6) is -0.445. The molecular weight excluding hydrogens is 256 g/mol. The third-order valence-electron chi connectivity index (χ3n) is 2.83. The van der Waals surface area contributed by atoms with Crippen molar-refractivity contribution in [2.24, 2.45) is 5.92 Å². The van der Waals surface area contributed by atoms with Crippen LogP contribution in [0.1, 0.15) is 43.1 Å². The van der Waals surface area contributed by atoms with Crippen LogP contribution < -0.4 is 10.6 Å². The molecular formula is C15H22N2O3. The summed E-state index contributed by atoms with van der Waals surface area (Å²) in [5, 5.41) is 14.5. The predicted molar refractivity (Wildman–Crippen MR) is 77.7 cm³/mol. The molecule has 5 heteroatoms. The van der Waals surface area contributed by atoms with Crippen LogP contribution in [-0.2, 0) is 6.54 Å². The Morgan fingerprint density at radius 1 is 1.25 bits per heavy atom. The summed E-state index contributed by atoms with van der Waals surface area (Å²) in [4.78, 5) is 22.5. The first-order chi connectivity index (χ1) is 9.38. The van der Waals surface area contributed by atoms with Crippen LogP contribution >= 0.6 is 0 Å². The van der Waals surface area contributed by atoms with Crippen LogP contribution in [0.4, 0.5) is 4.79 Å². The fraction of sp³-hybridized carbons (Fsp3) is 0.467. The second-order valence-corrected chi connectivity index (χ2v) is 5.36. The van der Waals surface area contributed by atoms with E-state index in [1.54, 1.807) is 18.2 Å². The molecule has 1 unspecified atom stereocenters. The van der Waals surface area contributed by atoms with Crippen molar-refractivity contribution in [3.8, 4) is 0 Å². The molecule has 0 aliphatic rings. The molecule has 2 amide bonds. The van der Waals surface area contributed by atoms with Gasteiger partial charge in [-0.3, -0.25) is 0 Å². The molecule has 0 saturated carbocycles. The lowest BCUT2D eigenvalue weighted by Crippen LogP contribution is -2.40. The molecule has 1 aromatic rings. The molecule has 0 heterocycles. The quantitative estimate of drug-likeness (QED) is 0.748. The highest BCUT2D eigenvalue weighted by atomic mass is 16.4. The van der Waals surface area contributed by atoms with Crippen LogP contribution in [0.3, 0.4) is 0 Å². The van der Waals surface area contributed by atoms with Crippen LogP contribution in [0.2, 0.25) is 0 Å². The zero-order valence-corrected chi connectivity index (χ0v) is 12.1. The molecule has 20 heavy (non-hydrogen) atoms. The van der Waals surface area contributed by atoms with Gasteiger partial charge in [0.1, 0.15) is 0 Å². The van der Waals surface area contributed by atoms with Crippen LogP contribution in [0.25, 0.3) is 0 Å². The average molecular weight is 278 g/mol. The minimum absolute atomic E-state index is 0.111. The smallest absolute Gasteiger partial charge is 0.335 e. The van der Waals surface area contributed by atoms with Gasteiger partial charge in [0.15, 0.2) is 0 Å². The predicted octanol–water partition coefficient (Wildman–Crippen LogP) is 2.62. The van der Waals surface area contributed by atoms with Crippen molar-refractivity contribution >= 4 is 12.0 Å². The molecule has 110 valence electrons. The molecule has 1 atom stereocenters. The Kier molecular flexibility index (Phi) is 6.03. The topological polar surface area (TPSA) is 78.4 Å². The van der Waals surface area contributed by atoms with E-state index in [9.17, 15) is 9.59 Å². The van der Waals surface area contributed by atoms with Crippen LogP contribution in [0, 0.1) is 5.92 Å². The van der Waals surface area contributed by atoms with E-state index in [-0.39, 0.29) is 17.6 Å². The Hall–Kier alpha value is -2.04. The largest absolute Gasteiger partial charge is 0.478 e. The van der Waals surface area contributed by atoms with Gasteiger partial charge in [0.2, 0.25) is 0 Å². The lowest BCUT2D eigenvalue weighted by Gasteiger charge is -2.16. The first-order valence-corrected chi connectivity index (χ1v) is 6.75. The van der Waals surface area contributed by atoms with Crippen LogP contribution in [0.5, 0.6) is 0 Å². The Morgan fingerprint density at radius 2 is 1.95 bits per heavy atom. The second-order valence-electron chi connectivity index (χ2n) is 5.36. The zero-order chi connectivity index (χ0) is 15.1. The number of aromatic carboxylic acids is 1. The van der Waals surface area contributed by atoms with E-state index >= 15 is 0 Å². The summed E-state index contributed by atoms with van der Waals surface area (Å²) in [6.45, 7) is 6.48. The highest BCUT2D eigenvalue weighted by Gasteiger charge is 2.09. The number of hydrogen-bond donors (Lipinski definition) is 3. The van der Waals surface area contributed by atoms with Crippen molar-refractivity contribution in [1.29, 1.82) is 0 Å². The van der Waals surface area contributed by atoms with Crippen molar-refractivity contribution in [2.75, 3.05) is 0 Å². The maximum Gasteiger partial charge on any atom is 0.335 e. The van der Waals surface area contributed by atoms with Crippen LogP contribution in [-0.4, -0.2) is 23.1 Å². The highest BCUT2D eigenvalue weighted by molar-refractivity contribution is 5.87. The van der Waals surface area contributed by atoms with Crippen LogP contribution in [0.15, 0.2) is 24.3 Å². The third-order valence-corrected chi connectivity index (χ3v) is 2.83. The number of nitrogens with one attached hydrogen (secondary N) is 2. The van der Waals surface area contributed by atoms with Gasteiger partial charge < -0.3 is 15.7 Å². The van der Waals surface area contributed by atoms with Gasteiger partial charge in [0, 0.05) is 12.6 Å². The zero-order valence-electron chi connectivity index (χ0n) is 12.1. The summed E-state index contributed by atoms with van der Waals surface area (Å²) in [6, 6.07) is 6.40. The molecule has 1 rings (SSSR count). The number of carboxylic acids is 1. The van der Waals surface area contributed by atoms with Gasteiger partial charge in [-0.25, -0.2) is 9.59 Å². The normalized spacial score (nSPS) is 12.0. The number of carboxylic acid groups (broad SMARTS) is 1. The number of carbonyl (C=O) groups is 2.